The molecule has 46 heavy (non-hydrogen) atoms. The van der Waals surface area contributed by atoms with Crippen molar-refractivity contribution in [2.24, 2.45) is 5.92 Å². The van der Waals surface area contributed by atoms with Crippen molar-refractivity contribution in [3.05, 3.63) is 53.9 Å². The van der Waals surface area contributed by atoms with Crippen molar-refractivity contribution in [2.45, 2.75) is 83.1 Å². The number of piperidine rings is 1. The third-order valence-electron chi connectivity index (χ3n) is 8.50. The molecule has 1 amide bonds. The fraction of sp³-hybridized carbons (Fsp3) is 0.562. The van der Waals surface area contributed by atoms with Gasteiger partial charge in [-0.25, -0.2) is 23.9 Å². The smallest absolute Gasteiger partial charge is 0.407 e. The molecule has 0 bridgehead atoms. The van der Waals surface area contributed by atoms with Gasteiger partial charge >= 0.3 is 18.1 Å². The predicted octanol–water partition coefficient (Wildman–Crippen LogP) is 4.63. The maximum atomic E-state index is 13.2. The second-order valence-corrected chi connectivity index (χ2v) is 13.2. The minimum Gasteiger partial charge on any atom is -0.487 e. The summed E-state index contributed by atoms with van der Waals surface area (Å²) >= 11 is 0. The topological polar surface area (TPSA) is 145 Å². The van der Waals surface area contributed by atoms with Crippen LogP contribution in [0.15, 0.2) is 41.2 Å². The summed E-state index contributed by atoms with van der Waals surface area (Å²) in [5, 5.41) is 7.05. The molecule has 3 aliphatic rings. The zero-order chi connectivity index (χ0) is 32.5. The highest BCUT2D eigenvalue weighted by atomic mass is 19.1. The van der Waals surface area contributed by atoms with Gasteiger partial charge in [0.1, 0.15) is 11.4 Å². The van der Waals surface area contributed by atoms with Gasteiger partial charge in [0.2, 0.25) is 11.8 Å². The number of amides is 1. The molecule has 3 fully saturated rings. The zero-order valence-electron chi connectivity index (χ0n) is 26.6. The zero-order valence-corrected chi connectivity index (χ0v) is 26.6. The fourth-order valence-electron chi connectivity index (χ4n) is 5.77. The summed E-state index contributed by atoms with van der Waals surface area (Å²) in [6, 6.07) is 5.61. The Hall–Kier alpha value is -4.49. The van der Waals surface area contributed by atoms with Gasteiger partial charge in [-0.3, -0.25) is 0 Å². The number of benzene rings is 1. The summed E-state index contributed by atoms with van der Waals surface area (Å²) in [5.41, 5.74) is -1.17. The van der Waals surface area contributed by atoms with Crippen LogP contribution in [0.2, 0.25) is 0 Å². The number of carbonyl (C=O) groups is 2. The van der Waals surface area contributed by atoms with Crippen molar-refractivity contribution in [3.8, 4) is 5.75 Å². The lowest BCUT2D eigenvalue weighted by Gasteiger charge is -2.33. The van der Waals surface area contributed by atoms with Gasteiger partial charge < -0.3 is 33.9 Å². The van der Waals surface area contributed by atoms with Crippen LogP contribution in [0.4, 0.5) is 21.1 Å². The highest BCUT2D eigenvalue weighted by molar-refractivity contribution is 5.89. The number of esters is 1. The van der Waals surface area contributed by atoms with E-state index in [2.05, 4.69) is 32.3 Å². The number of ether oxygens (including phenoxy) is 3. The van der Waals surface area contributed by atoms with E-state index in [0.717, 1.165) is 25.8 Å². The molecular weight excluding hydrogens is 597 g/mol. The number of nitrogens with zero attached hydrogens (tertiary/aromatic N) is 6. The average molecular weight is 638 g/mol. The number of nitrogens with one attached hydrogen (secondary N) is 1. The summed E-state index contributed by atoms with van der Waals surface area (Å²) in [5.74, 6) is 0.895. The Morgan fingerprint density at radius 3 is 2.37 bits per heavy atom. The highest BCUT2D eigenvalue weighted by Gasteiger charge is 2.53. The van der Waals surface area contributed by atoms with Crippen LogP contribution >= 0.6 is 0 Å². The Kier molecular flexibility index (Phi) is 8.71. The minimum atomic E-state index is -0.904. The molecule has 0 unspecified atom stereocenters. The van der Waals surface area contributed by atoms with Gasteiger partial charge in [-0.1, -0.05) is 5.16 Å². The summed E-state index contributed by atoms with van der Waals surface area (Å²) < 4.78 is 36.1. The van der Waals surface area contributed by atoms with Crippen molar-refractivity contribution < 1.29 is 32.7 Å². The minimum absolute atomic E-state index is 0.0285. The molecule has 246 valence electrons. The number of hydrogen-bond acceptors (Lipinski definition) is 12. The second-order valence-electron chi connectivity index (χ2n) is 13.2. The Bertz CT molecular complexity index is 1510. The van der Waals surface area contributed by atoms with E-state index in [4.69, 9.17) is 18.7 Å². The van der Waals surface area contributed by atoms with Crippen molar-refractivity contribution in [1.29, 1.82) is 0 Å². The monoisotopic (exact) mass is 637 g/mol. The summed E-state index contributed by atoms with van der Waals surface area (Å²) in [7, 11) is 0. The molecule has 2 aromatic heterocycles. The summed E-state index contributed by atoms with van der Waals surface area (Å²) in [4.78, 5) is 42.4. The number of anilines is 2. The van der Waals surface area contributed by atoms with E-state index >= 15 is 0 Å². The van der Waals surface area contributed by atoms with Crippen molar-refractivity contribution in [1.82, 2.24) is 25.4 Å². The van der Waals surface area contributed by atoms with Gasteiger partial charge in [0.25, 0.3) is 0 Å². The quantitative estimate of drug-likeness (QED) is 0.327. The molecule has 2 saturated heterocycles. The fourth-order valence-corrected chi connectivity index (χ4v) is 5.77. The van der Waals surface area contributed by atoms with E-state index in [1.807, 2.05) is 30.6 Å². The van der Waals surface area contributed by atoms with Crippen LogP contribution in [0.5, 0.6) is 5.75 Å². The molecule has 1 aliphatic carbocycles. The van der Waals surface area contributed by atoms with Crippen molar-refractivity contribution >= 4 is 24.0 Å². The third-order valence-corrected chi connectivity index (χ3v) is 8.50. The van der Waals surface area contributed by atoms with Gasteiger partial charge in [-0.15, -0.1) is 0 Å². The first kappa shape index (κ1) is 31.5. The van der Waals surface area contributed by atoms with Gasteiger partial charge in [-0.05, 0) is 90.0 Å². The maximum absolute atomic E-state index is 13.2. The van der Waals surface area contributed by atoms with Crippen LogP contribution in [0, 0.1) is 11.7 Å². The van der Waals surface area contributed by atoms with Gasteiger partial charge in [-0.2, -0.15) is 4.98 Å². The first-order chi connectivity index (χ1) is 22.0. The van der Waals surface area contributed by atoms with Crippen LogP contribution in [0.3, 0.4) is 0 Å². The molecular formula is C32H40FN7O6. The third kappa shape index (κ3) is 7.48. The standard InChI is InChI=1S/C32H40FN7O6/c1-20(43-25-17-34-28(35-18-25)40-16-11-24(19-40)36-30(42)45-31(2,3)4)21-9-14-39(15-10-21)29-37-27(38-46-29)32(12-13-32)44-26(41)22-5-7-23(33)8-6-22/h5-8,17-18,20-21,24H,9-16,19H2,1-4H3,(H,36,42)/t20-,24+/m0/s1. The van der Waals surface area contributed by atoms with Crippen molar-refractivity contribution in [2.75, 3.05) is 36.0 Å². The molecule has 1 saturated carbocycles. The van der Waals surface area contributed by atoms with Gasteiger partial charge in [0.05, 0.1) is 30.1 Å². The summed E-state index contributed by atoms with van der Waals surface area (Å²) in [6.45, 7) is 10.3. The lowest BCUT2D eigenvalue weighted by atomic mass is 9.92. The predicted molar refractivity (Wildman–Crippen MR) is 164 cm³/mol. The number of carbonyl (C=O) groups excluding carboxylic acids is 2. The van der Waals surface area contributed by atoms with E-state index in [-0.39, 0.29) is 17.7 Å². The number of aromatic nitrogens is 4. The normalized spacial score (nSPS) is 20.2. The van der Waals surface area contributed by atoms with Crippen LogP contribution in [0.1, 0.15) is 76.0 Å². The molecule has 0 radical (unpaired) electrons. The van der Waals surface area contributed by atoms with E-state index in [9.17, 15) is 14.0 Å². The van der Waals surface area contributed by atoms with E-state index < -0.39 is 29.1 Å². The average Bonchev–Trinajstić information content (AvgIpc) is 3.38. The van der Waals surface area contributed by atoms with E-state index in [0.29, 0.717) is 61.9 Å². The molecule has 14 heteroatoms. The molecule has 2 aliphatic heterocycles. The Morgan fingerprint density at radius 2 is 1.72 bits per heavy atom. The van der Waals surface area contributed by atoms with Gasteiger partial charge in [0.15, 0.2) is 11.4 Å². The Balaban J connectivity index is 0.955. The molecule has 0 spiro atoms. The first-order valence-electron chi connectivity index (χ1n) is 15.8. The molecule has 3 aromatic rings. The molecule has 13 nitrogen and oxygen atoms in total. The number of halogens is 1. The van der Waals surface area contributed by atoms with Crippen molar-refractivity contribution in [3.63, 3.8) is 0 Å². The van der Waals surface area contributed by atoms with Crippen LogP contribution in [-0.4, -0.2) is 76.1 Å². The first-order valence-corrected chi connectivity index (χ1v) is 15.8. The SMILES string of the molecule is C[C@H](Oc1cnc(N2CC[C@@H](NC(=O)OC(C)(C)C)C2)nc1)C1CCN(c2nc(C3(OC(=O)c4ccc(F)cc4)CC3)no2)CC1. The molecule has 6 rings (SSSR count). The molecule has 1 N–H and O–H groups in total. The molecule has 1 aromatic carbocycles. The lowest BCUT2D eigenvalue weighted by Crippen LogP contribution is -2.40. The largest absolute Gasteiger partial charge is 0.487 e. The summed E-state index contributed by atoms with van der Waals surface area (Å²) in [6.07, 6.45) is 6.63. The highest BCUT2D eigenvalue weighted by Crippen LogP contribution is 2.49. The van der Waals surface area contributed by atoms with E-state index in [1.165, 1.54) is 24.3 Å². The van der Waals surface area contributed by atoms with E-state index in [1.54, 1.807) is 12.4 Å². The van der Waals surface area contributed by atoms with Gasteiger partial charge in [0, 0.05) is 26.2 Å². The lowest BCUT2D eigenvalue weighted by molar-refractivity contribution is 0.0183. The molecule has 2 atom stereocenters. The Labute approximate surface area is 266 Å². The van der Waals surface area contributed by atoms with Crippen LogP contribution in [-0.2, 0) is 15.1 Å². The number of alkyl carbamates (subject to hydrolysis) is 1. The Morgan fingerprint density at radius 1 is 1.04 bits per heavy atom. The van der Waals surface area contributed by atoms with Crippen LogP contribution < -0.4 is 19.9 Å². The second kappa shape index (κ2) is 12.7. The van der Waals surface area contributed by atoms with Crippen LogP contribution in [0.25, 0.3) is 0 Å². The maximum Gasteiger partial charge on any atom is 0.407 e. The number of rotatable bonds is 9. The molecule has 4 heterocycles. The number of hydrogen-bond donors (Lipinski definition) is 1.